The van der Waals surface area contributed by atoms with Crippen molar-refractivity contribution in [3.05, 3.63) is 14.4 Å². The van der Waals surface area contributed by atoms with Crippen molar-refractivity contribution in [1.82, 2.24) is 5.01 Å². The van der Waals surface area contributed by atoms with E-state index in [-0.39, 0.29) is 14.5 Å². The average molecular weight is 299 g/mol. The number of hydrogen-bond acceptors (Lipinski definition) is 4. The number of rotatable bonds is 3. The molecule has 0 spiro atoms. The average Bonchev–Trinajstić information content (AvgIpc) is 2.65. The van der Waals surface area contributed by atoms with Crippen LogP contribution in [0.4, 0.5) is 5.69 Å². The molecule has 1 aliphatic carbocycles. The SMILES string of the molecule is CN(C)N=Nc1c(C(=O)[O-])[se]c2c1CCCC2. The van der Waals surface area contributed by atoms with Gasteiger partial charge < -0.3 is 0 Å². The van der Waals surface area contributed by atoms with Gasteiger partial charge in [0.25, 0.3) is 0 Å². The minimum absolute atomic E-state index is 0.116. The van der Waals surface area contributed by atoms with E-state index in [1.54, 1.807) is 19.1 Å². The van der Waals surface area contributed by atoms with Crippen molar-refractivity contribution in [3.8, 4) is 0 Å². The summed E-state index contributed by atoms with van der Waals surface area (Å²) in [5.74, 6) is -1.09. The molecule has 0 N–H and O–H groups in total. The van der Waals surface area contributed by atoms with Crippen molar-refractivity contribution >= 4 is 26.2 Å². The third-order valence-corrected chi connectivity index (χ3v) is 5.30. The third-order valence-electron chi connectivity index (χ3n) is 2.65. The zero-order valence-corrected chi connectivity index (χ0v) is 11.6. The van der Waals surface area contributed by atoms with Gasteiger partial charge in [-0.3, -0.25) is 0 Å². The van der Waals surface area contributed by atoms with E-state index in [2.05, 4.69) is 10.3 Å². The molecular formula is C11H14N3O2Se-. The number of carboxylic acids is 1. The van der Waals surface area contributed by atoms with Crippen LogP contribution in [0.3, 0.4) is 0 Å². The van der Waals surface area contributed by atoms with E-state index in [9.17, 15) is 9.90 Å². The van der Waals surface area contributed by atoms with Crippen molar-refractivity contribution < 1.29 is 9.90 Å². The Morgan fingerprint density at radius 1 is 1.35 bits per heavy atom. The molecule has 92 valence electrons. The Morgan fingerprint density at radius 2 is 2.06 bits per heavy atom. The molecule has 6 heteroatoms. The summed E-state index contributed by atoms with van der Waals surface area (Å²) in [5.41, 5.74) is 1.68. The summed E-state index contributed by atoms with van der Waals surface area (Å²) in [7, 11) is 3.53. The fourth-order valence-electron chi connectivity index (χ4n) is 1.93. The van der Waals surface area contributed by atoms with Gasteiger partial charge in [0.2, 0.25) is 0 Å². The molecule has 0 amide bonds. The van der Waals surface area contributed by atoms with Crippen molar-refractivity contribution in [2.45, 2.75) is 25.7 Å². The van der Waals surface area contributed by atoms with Gasteiger partial charge in [0.05, 0.1) is 0 Å². The van der Waals surface area contributed by atoms with Crippen LogP contribution < -0.4 is 5.11 Å². The molecular weight excluding hydrogens is 285 g/mol. The van der Waals surface area contributed by atoms with Crippen LogP contribution in [0, 0.1) is 0 Å². The van der Waals surface area contributed by atoms with Gasteiger partial charge in [-0.05, 0) is 0 Å². The molecule has 17 heavy (non-hydrogen) atoms. The second-order valence-electron chi connectivity index (χ2n) is 4.21. The maximum atomic E-state index is 11.1. The van der Waals surface area contributed by atoms with E-state index in [1.165, 1.54) is 4.44 Å². The zero-order valence-electron chi connectivity index (χ0n) is 9.89. The summed E-state index contributed by atoms with van der Waals surface area (Å²) in [4.78, 5) is 11.1. The van der Waals surface area contributed by atoms with E-state index >= 15 is 0 Å². The fraction of sp³-hybridized carbons (Fsp3) is 0.545. The van der Waals surface area contributed by atoms with E-state index in [0.717, 1.165) is 31.2 Å². The molecule has 0 aromatic carbocycles. The Hall–Kier alpha value is -1.13. The molecule has 0 fully saturated rings. The number of fused-ring (bicyclic) bond motifs is 1. The fourth-order valence-corrected chi connectivity index (χ4v) is 4.36. The van der Waals surface area contributed by atoms with Gasteiger partial charge >= 0.3 is 106 Å². The minimum atomic E-state index is -1.09. The van der Waals surface area contributed by atoms with Crippen molar-refractivity contribution in [1.29, 1.82) is 0 Å². The van der Waals surface area contributed by atoms with Gasteiger partial charge in [-0.2, -0.15) is 0 Å². The monoisotopic (exact) mass is 300 g/mol. The van der Waals surface area contributed by atoms with Crippen LogP contribution in [0.15, 0.2) is 10.3 Å². The summed E-state index contributed by atoms with van der Waals surface area (Å²) in [6.45, 7) is 0. The summed E-state index contributed by atoms with van der Waals surface area (Å²) < 4.78 is 1.63. The summed E-state index contributed by atoms with van der Waals surface area (Å²) in [6, 6.07) is 0. The Kier molecular flexibility index (Phi) is 3.64. The van der Waals surface area contributed by atoms with Gasteiger partial charge in [-0.15, -0.1) is 0 Å². The van der Waals surface area contributed by atoms with E-state index < -0.39 is 5.97 Å². The Labute approximate surface area is 106 Å². The number of carbonyl (C=O) groups excluding carboxylic acids is 1. The van der Waals surface area contributed by atoms with Crippen LogP contribution in [-0.4, -0.2) is 39.6 Å². The Balaban J connectivity index is 2.45. The number of carbonyl (C=O) groups is 1. The molecule has 1 heterocycles. The van der Waals surface area contributed by atoms with Crippen LogP contribution in [0.2, 0.25) is 0 Å². The second kappa shape index (κ2) is 5.02. The number of aryl methyl sites for hydroxylation is 1. The van der Waals surface area contributed by atoms with Crippen molar-refractivity contribution in [2.24, 2.45) is 10.3 Å². The molecule has 5 nitrogen and oxygen atoms in total. The molecule has 0 aliphatic heterocycles. The first-order valence-corrected chi connectivity index (χ1v) is 7.25. The third kappa shape index (κ3) is 2.58. The molecule has 0 saturated heterocycles. The Morgan fingerprint density at radius 3 is 2.71 bits per heavy atom. The molecule has 1 aliphatic rings. The van der Waals surface area contributed by atoms with Crippen LogP contribution in [0.5, 0.6) is 0 Å². The van der Waals surface area contributed by atoms with Crippen LogP contribution >= 0.6 is 0 Å². The Bertz CT molecular complexity index is 466. The van der Waals surface area contributed by atoms with Crippen LogP contribution in [0.25, 0.3) is 0 Å². The normalized spacial score (nSPS) is 14.9. The van der Waals surface area contributed by atoms with Gasteiger partial charge in [0.1, 0.15) is 0 Å². The molecule has 0 saturated carbocycles. The number of hydrogen-bond donors (Lipinski definition) is 0. The molecule has 0 unspecified atom stereocenters. The van der Waals surface area contributed by atoms with Crippen molar-refractivity contribution in [3.63, 3.8) is 0 Å². The maximum absolute atomic E-state index is 11.1. The standard InChI is InChI=1S/C11H15N3O2Se/c1-14(2)13-12-9-7-5-3-4-6-8(7)17-10(9)11(15)16/h3-6H2,1-2H3,(H,15,16)/p-1. The van der Waals surface area contributed by atoms with Crippen LogP contribution in [-0.2, 0) is 12.8 Å². The predicted octanol–water partition coefficient (Wildman–Crippen LogP) is 0.546. The predicted molar refractivity (Wildman–Crippen MR) is 62.6 cm³/mol. The number of carboxylic acid groups (broad SMARTS) is 1. The van der Waals surface area contributed by atoms with Gasteiger partial charge in [-0.25, -0.2) is 0 Å². The summed E-state index contributed by atoms with van der Waals surface area (Å²) in [6.07, 6.45) is 4.19. The first kappa shape index (κ1) is 12.3. The number of nitrogens with zero attached hydrogens (tertiary/aromatic N) is 3. The second-order valence-corrected chi connectivity index (χ2v) is 6.53. The molecule has 0 bridgehead atoms. The van der Waals surface area contributed by atoms with E-state index in [0.29, 0.717) is 10.1 Å². The van der Waals surface area contributed by atoms with Gasteiger partial charge in [0, 0.05) is 0 Å². The first-order valence-electron chi connectivity index (χ1n) is 5.54. The quantitative estimate of drug-likeness (QED) is 0.465. The number of aromatic carboxylic acids is 1. The van der Waals surface area contributed by atoms with Gasteiger partial charge in [0.15, 0.2) is 0 Å². The summed E-state index contributed by atoms with van der Waals surface area (Å²) in [5, 5.41) is 20.7. The molecule has 1 aromatic heterocycles. The van der Waals surface area contributed by atoms with Gasteiger partial charge in [-0.1, -0.05) is 0 Å². The molecule has 0 atom stereocenters. The van der Waals surface area contributed by atoms with E-state index in [4.69, 9.17) is 0 Å². The summed E-state index contributed by atoms with van der Waals surface area (Å²) >= 11 is -0.116. The van der Waals surface area contributed by atoms with Crippen LogP contribution in [0.1, 0.15) is 32.1 Å². The zero-order chi connectivity index (χ0) is 12.4. The molecule has 0 radical (unpaired) electrons. The molecule has 2 rings (SSSR count). The van der Waals surface area contributed by atoms with E-state index in [1.807, 2.05) is 0 Å². The molecule has 1 aromatic rings. The first-order chi connectivity index (χ1) is 8.09. The topological polar surface area (TPSA) is 68.1 Å². The van der Waals surface area contributed by atoms with Crippen molar-refractivity contribution in [2.75, 3.05) is 14.1 Å².